The molecule has 0 fully saturated rings. The van der Waals surface area contributed by atoms with E-state index in [0.29, 0.717) is 12.3 Å². The number of nitrogens with zero attached hydrogens (tertiary/aromatic N) is 1. The van der Waals surface area contributed by atoms with E-state index in [9.17, 15) is 4.79 Å². The van der Waals surface area contributed by atoms with Crippen molar-refractivity contribution >= 4 is 5.97 Å². The molecule has 0 unspecified atom stereocenters. The van der Waals surface area contributed by atoms with Crippen LogP contribution in [0, 0.1) is 6.92 Å². The molecule has 0 bridgehead atoms. The van der Waals surface area contributed by atoms with Crippen LogP contribution in [0.5, 0.6) is 0 Å². The fourth-order valence-electron chi connectivity index (χ4n) is 0.764. The summed E-state index contributed by atoms with van der Waals surface area (Å²) in [5.41, 5.74) is 1.11. The number of carbonyl (C=O) groups excluding carboxylic acids is 1. The van der Waals surface area contributed by atoms with E-state index in [1.807, 2.05) is 0 Å². The minimum atomic E-state index is -0.369. The summed E-state index contributed by atoms with van der Waals surface area (Å²) in [6.07, 6.45) is 1.47. The zero-order chi connectivity index (χ0) is 8.27. The van der Waals surface area contributed by atoms with Gasteiger partial charge in [0.25, 0.3) is 0 Å². The molecular formula is C7H12N2O2. The van der Waals surface area contributed by atoms with E-state index in [4.69, 9.17) is 4.74 Å². The molecular weight excluding hydrogens is 144 g/mol. The number of carbonyl (C=O) groups is 1. The van der Waals surface area contributed by atoms with Gasteiger partial charge in [-0.2, -0.15) is 0 Å². The highest BCUT2D eigenvalue weighted by Crippen LogP contribution is 2.01. The summed E-state index contributed by atoms with van der Waals surface area (Å²) in [7, 11) is 0. The predicted molar refractivity (Wildman–Crippen MR) is 41.4 cm³/mol. The number of nitrogens with one attached hydrogen (secondary N) is 1. The van der Waals surface area contributed by atoms with Gasteiger partial charge in [-0.3, -0.25) is 0 Å². The molecule has 0 atom stereocenters. The smallest absolute Gasteiger partial charge is 0.358 e. The summed E-state index contributed by atoms with van der Waals surface area (Å²) in [5, 5.41) is 0. The minimum absolute atomic E-state index is 0. The van der Waals surface area contributed by atoms with Crippen molar-refractivity contribution in [3.05, 3.63) is 17.7 Å². The van der Waals surface area contributed by atoms with Gasteiger partial charge in [-0.25, -0.2) is 9.78 Å². The highest BCUT2D eigenvalue weighted by Gasteiger charge is 2.11. The SMILES string of the molecule is CCOC(=O)c1nc[nH]c1C.[HH]. The van der Waals surface area contributed by atoms with E-state index >= 15 is 0 Å². The van der Waals surface area contributed by atoms with Gasteiger partial charge in [-0.15, -0.1) is 0 Å². The van der Waals surface area contributed by atoms with Crippen molar-refractivity contribution in [2.45, 2.75) is 13.8 Å². The molecule has 0 spiro atoms. The van der Waals surface area contributed by atoms with E-state index in [1.54, 1.807) is 13.8 Å². The van der Waals surface area contributed by atoms with Crippen molar-refractivity contribution in [3.63, 3.8) is 0 Å². The molecule has 0 aliphatic carbocycles. The Morgan fingerprint density at radius 3 is 3.09 bits per heavy atom. The van der Waals surface area contributed by atoms with Crippen molar-refractivity contribution in [3.8, 4) is 0 Å². The van der Waals surface area contributed by atoms with Crippen LogP contribution in [-0.4, -0.2) is 22.5 Å². The monoisotopic (exact) mass is 156 g/mol. The predicted octanol–water partition coefficient (Wildman–Crippen LogP) is 1.14. The number of H-pyrrole nitrogens is 1. The Kier molecular flexibility index (Phi) is 2.25. The van der Waals surface area contributed by atoms with Gasteiger partial charge in [-0.1, -0.05) is 0 Å². The molecule has 4 nitrogen and oxygen atoms in total. The molecule has 11 heavy (non-hydrogen) atoms. The fraction of sp³-hybridized carbons (Fsp3) is 0.429. The molecule has 4 heteroatoms. The first-order valence-corrected chi connectivity index (χ1v) is 3.42. The second-order valence-electron chi connectivity index (χ2n) is 2.10. The Bertz CT molecular complexity index is 260. The zero-order valence-corrected chi connectivity index (χ0v) is 6.55. The minimum Gasteiger partial charge on any atom is -0.461 e. The molecule has 0 saturated carbocycles. The van der Waals surface area contributed by atoms with E-state index in [-0.39, 0.29) is 7.40 Å². The lowest BCUT2D eigenvalue weighted by Gasteiger charge is -1.97. The largest absolute Gasteiger partial charge is 0.461 e. The molecule has 1 N–H and O–H groups in total. The van der Waals surface area contributed by atoms with Gasteiger partial charge < -0.3 is 9.72 Å². The number of aromatic nitrogens is 2. The van der Waals surface area contributed by atoms with E-state index < -0.39 is 0 Å². The van der Waals surface area contributed by atoms with Crippen molar-refractivity contribution in [2.75, 3.05) is 6.61 Å². The second kappa shape index (κ2) is 3.18. The Morgan fingerprint density at radius 2 is 2.64 bits per heavy atom. The molecule has 1 rings (SSSR count). The second-order valence-corrected chi connectivity index (χ2v) is 2.10. The first-order chi connectivity index (χ1) is 5.25. The van der Waals surface area contributed by atoms with Crippen molar-refractivity contribution in [1.82, 2.24) is 9.97 Å². The lowest BCUT2D eigenvalue weighted by atomic mass is 10.3. The van der Waals surface area contributed by atoms with Gasteiger partial charge in [0.2, 0.25) is 0 Å². The van der Waals surface area contributed by atoms with Crippen LogP contribution in [0.15, 0.2) is 6.33 Å². The maximum absolute atomic E-state index is 11.0. The van der Waals surface area contributed by atoms with Gasteiger partial charge in [0.1, 0.15) is 0 Å². The molecule has 0 aromatic carbocycles. The molecule has 0 aliphatic heterocycles. The molecule has 0 amide bonds. The maximum atomic E-state index is 11.0. The molecule has 0 aliphatic rings. The topological polar surface area (TPSA) is 55.0 Å². The van der Waals surface area contributed by atoms with Crippen LogP contribution in [0.25, 0.3) is 0 Å². The van der Waals surface area contributed by atoms with Crippen LogP contribution >= 0.6 is 0 Å². The van der Waals surface area contributed by atoms with Crippen LogP contribution in [0.3, 0.4) is 0 Å². The summed E-state index contributed by atoms with van der Waals surface area (Å²) in [6.45, 7) is 3.92. The molecule has 1 heterocycles. The van der Waals surface area contributed by atoms with Gasteiger partial charge in [-0.05, 0) is 13.8 Å². The van der Waals surface area contributed by atoms with Crippen LogP contribution in [0.4, 0.5) is 0 Å². The van der Waals surface area contributed by atoms with Gasteiger partial charge in [0.05, 0.1) is 12.9 Å². The average molecular weight is 156 g/mol. The Morgan fingerprint density at radius 1 is 1.91 bits per heavy atom. The van der Waals surface area contributed by atoms with Gasteiger partial charge in [0, 0.05) is 7.12 Å². The highest BCUT2D eigenvalue weighted by molar-refractivity contribution is 5.88. The van der Waals surface area contributed by atoms with E-state index in [2.05, 4.69) is 9.97 Å². The number of hydrogen-bond acceptors (Lipinski definition) is 3. The first-order valence-electron chi connectivity index (χ1n) is 3.42. The van der Waals surface area contributed by atoms with Crippen LogP contribution in [0.2, 0.25) is 0 Å². The summed E-state index contributed by atoms with van der Waals surface area (Å²) in [5.74, 6) is -0.369. The number of aromatic amines is 1. The maximum Gasteiger partial charge on any atom is 0.358 e. The summed E-state index contributed by atoms with van der Waals surface area (Å²) >= 11 is 0. The number of rotatable bonds is 2. The van der Waals surface area contributed by atoms with Gasteiger partial charge >= 0.3 is 5.97 Å². The number of aryl methyl sites for hydroxylation is 1. The molecule has 0 radical (unpaired) electrons. The summed E-state index contributed by atoms with van der Waals surface area (Å²) in [6, 6.07) is 0. The van der Waals surface area contributed by atoms with Crippen LogP contribution in [0.1, 0.15) is 24.5 Å². The third kappa shape index (κ3) is 1.58. The summed E-state index contributed by atoms with van der Waals surface area (Å²) < 4.78 is 4.75. The van der Waals surface area contributed by atoms with Crippen molar-refractivity contribution in [1.29, 1.82) is 0 Å². The first kappa shape index (κ1) is 7.78. The third-order valence-corrected chi connectivity index (χ3v) is 1.30. The van der Waals surface area contributed by atoms with Crippen molar-refractivity contribution in [2.24, 2.45) is 0 Å². The zero-order valence-electron chi connectivity index (χ0n) is 6.55. The lowest BCUT2D eigenvalue weighted by molar-refractivity contribution is 0.0519. The van der Waals surface area contributed by atoms with Crippen molar-refractivity contribution < 1.29 is 11.0 Å². The Balaban J connectivity index is 0.00000121. The van der Waals surface area contributed by atoms with Gasteiger partial charge in [0.15, 0.2) is 5.69 Å². The van der Waals surface area contributed by atoms with Crippen LogP contribution in [-0.2, 0) is 4.74 Å². The number of esters is 1. The molecule has 1 aromatic heterocycles. The molecule has 1 aromatic rings. The number of imidazole rings is 1. The standard InChI is InChI=1S/C7H10N2O2.H2/c1-3-11-7(10)6-5(2)8-4-9-6;/h4H,3H2,1-2H3,(H,8,9);1H. The Labute approximate surface area is 66.1 Å². The fourth-order valence-corrected chi connectivity index (χ4v) is 0.764. The quantitative estimate of drug-likeness (QED) is 0.653. The highest BCUT2D eigenvalue weighted by atomic mass is 16.5. The lowest BCUT2D eigenvalue weighted by Crippen LogP contribution is -2.06. The number of ether oxygens (including phenoxy) is 1. The number of hydrogen-bond donors (Lipinski definition) is 1. The molecule has 0 saturated heterocycles. The molecule has 62 valence electrons. The van der Waals surface area contributed by atoms with E-state index in [1.165, 1.54) is 6.33 Å². The normalized spacial score (nSPS) is 9.64. The third-order valence-electron chi connectivity index (χ3n) is 1.30. The van der Waals surface area contributed by atoms with E-state index in [0.717, 1.165) is 5.69 Å². The average Bonchev–Trinajstić information content (AvgIpc) is 2.36. The van der Waals surface area contributed by atoms with Crippen LogP contribution < -0.4 is 0 Å². The Hall–Kier alpha value is -1.32. The summed E-state index contributed by atoms with van der Waals surface area (Å²) in [4.78, 5) is 17.6.